The molecule has 4 heteroatoms. The molecule has 1 saturated heterocycles. The third-order valence-electron chi connectivity index (χ3n) is 3.46. The standard InChI is InChI=1S/C14H20N2O2/c1-15-8-5-9-16(14(18)13(15)11-17)10-12-6-3-2-4-7-12/h2-4,6-7,13,17H,5,8-11H2,1H3. The van der Waals surface area contributed by atoms with E-state index < -0.39 is 6.04 Å². The van der Waals surface area contributed by atoms with E-state index in [0.717, 1.165) is 25.1 Å². The zero-order valence-corrected chi connectivity index (χ0v) is 10.7. The first-order chi connectivity index (χ1) is 8.72. The number of likely N-dealkylation sites (N-methyl/N-ethyl adjacent to an activating group) is 1. The second-order valence-corrected chi connectivity index (χ2v) is 4.78. The molecule has 1 heterocycles. The summed E-state index contributed by atoms with van der Waals surface area (Å²) in [7, 11) is 1.89. The fourth-order valence-electron chi connectivity index (χ4n) is 2.35. The minimum Gasteiger partial charge on any atom is -0.394 e. The number of carbonyl (C=O) groups is 1. The molecule has 1 atom stereocenters. The fourth-order valence-corrected chi connectivity index (χ4v) is 2.35. The fraction of sp³-hybridized carbons (Fsp3) is 0.500. The highest BCUT2D eigenvalue weighted by atomic mass is 16.3. The van der Waals surface area contributed by atoms with Crippen molar-refractivity contribution >= 4 is 5.91 Å². The molecule has 0 radical (unpaired) electrons. The van der Waals surface area contributed by atoms with Gasteiger partial charge in [0.25, 0.3) is 0 Å². The number of aliphatic hydroxyl groups excluding tert-OH is 1. The largest absolute Gasteiger partial charge is 0.394 e. The van der Waals surface area contributed by atoms with E-state index in [1.54, 1.807) is 0 Å². The van der Waals surface area contributed by atoms with Crippen LogP contribution in [0.15, 0.2) is 30.3 Å². The lowest BCUT2D eigenvalue weighted by molar-refractivity contribution is -0.136. The van der Waals surface area contributed by atoms with E-state index in [0.29, 0.717) is 6.54 Å². The predicted molar refractivity (Wildman–Crippen MR) is 70.0 cm³/mol. The first-order valence-corrected chi connectivity index (χ1v) is 6.36. The molecule has 1 aromatic rings. The van der Waals surface area contributed by atoms with Gasteiger partial charge in [0.1, 0.15) is 6.04 Å². The molecule has 1 unspecified atom stereocenters. The Hall–Kier alpha value is -1.39. The molecule has 0 aliphatic carbocycles. The summed E-state index contributed by atoms with van der Waals surface area (Å²) in [6.45, 7) is 2.13. The van der Waals surface area contributed by atoms with Crippen LogP contribution in [0.5, 0.6) is 0 Å². The monoisotopic (exact) mass is 248 g/mol. The van der Waals surface area contributed by atoms with Crippen LogP contribution in [-0.4, -0.2) is 53.6 Å². The highest BCUT2D eigenvalue weighted by molar-refractivity contribution is 5.82. The minimum absolute atomic E-state index is 0.0290. The number of benzene rings is 1. The molecule has 1 amide bonds. The van der Waals surface area contributed by atoms with E-state index in [1.165, 1.54) is 0 Å². The van der Waals surface area contributed by atoms with E-state index in [9.17, 15) is 9.90 Å². The van der Waals surface area contributed by atoms with Crippen molar-refractivity contribution in [2.45, 2.75) is 19.0 Å². The van der Waals surface area contributed by atoms with Gasteiger partial charge in [-0.3, -0.25) is 9.69 Å². The van der Waals surface area contributed by atoms with Gasteiger partial charge in [0.2, 0.25) is 5.91 Å². The summed E-state index contributed by atoms with van der Waals surface area (Å²) in [5.41, 5.74) is 1.13. The van der Waals surface area contributed by atoms with E-state index in [2.05, 4.69) is 0 Å². The second kappa shape index (κ2) is 5.98. The predicted octanol–water partition coefficient (Wildman–Crippen LogP) is 0.712. The molecule has 2 rings (SSSR count). The zero-order chi connectivity index (χ0) is 13.0. The van der Waals surface area contributed by atoms with Crippen molar-refractivity contribution in [3.05, 3.63) is 35.9 Å². The Morgan fingerprint density at radius 3 is 2.67 bits per heavy atom. The van der Waals surface area contributed by atoms with Crippen molar-refractivity contribution in [3.8, 4) is 0 Å². The topological polar surface area (TPSA) is 43.8 Å². The lowest BCUT2D eigenvalue weighted by Crippen LogP contribution is -2.46. The first kappa shape index (κ1) is 13.1. The Bertz CT molecular complexity index is 394. The van der Waals surface area contributed by atoms with Crippen molar-refractivity contribution in [3.63, 3.8) is 0 Å². The average Bonchev–Trinajstić information content (AvgIpc) is 2.51. The number of amides is 1. The van der Waals surface area contributed by atoms with E-state index in [4.69, 9.17) is 0 Å². The van der Waals surface area contributed by atoms with Gasteiger partial charge < -0.3 is 10.0 Å². The van der Waals surface area contributed by atoms with Crippen LogP contribution < -0.4 is 0 Å². The maximum Gasteiger partial charge on any atom is 0.242 e. The van der Waals surface area contributed by atoms with Crippen LogP contribution in [0, 0.1) is 0 Å². The van der Waals surface area contributed by atoms with Crippen LogP contribution in [0.2, 0.25) is 0 Å². The summed E-state index contributed by atoms with van der Waals surface area (Å²) >= 11 is 0. The number of carbonyl (C=O) groups excluding carboxylic acids is 1. The highest BCUT2D eigenvalue weighted by Crippen LogP contribution is 2.13. The van der Waals surface area contributed by atoms with Crippen LogP contribution >= 0.6 is 0 Å². The van der Waals surface area contributed by atoms with E-state index >= 15 is 0 Å². The van der Waals surface area contributed by atoms with Crippen LogP contribution in [0.1, 0.15) is 12.0 Å². The van der Waals surface area contributed by atoms with Gasteiger partial charge in [0.15, 0.2) is 0 Å². The number of hydrogen-bond donors (Lipinski definition) is 1. The molecule has 0 aromatic heterocycles. The normalized spacial score (nSPS) is 22.0. The van der Waals surface area contributed by atoms with Crippen molar-refractivity contribution < 1.29 is 9.90 Å². The molecule has 1 aliphatic rings. The third-order valence-corrected chi connectivity index (χ3v) is 3.46. The Kier molecular flexibility index (Phi) is 4.33. The molecule has 98 valence electrons. The molecule has 1 N–H and O–H groups in total. The summed E-state index contributed by atoms with van der Waals surface area (Å²) in [6, 6.07) is 9.58. The minimum atomic E-state index is -0.392. The van der Waals surface area contributed by atoms with Gasteiger partial charge >= 0.3 is 0 Å². The molecule has 18 heavy (non-hydrogen) atoms. The van der Waals surface area contributed by atoms with Gasteiger partial charge in [-0.05, 0) is 19.0 Å². The summed E-state index contributed by atoms with van der Waals surface area (Å²) in [6.07, 6.45) is 0.950. The van der Waals surface area contributed by atoms with Crippen LogP contribution in [-0.2, 0) is 11.3 Å². The van der Waals surface area contributed by atoms with Crippen molar-refractivity contribution in [1.29, 1.82) is 0 Å². The van der Waals surface area contributed by atoms with E-state index in [-0.39, 0.29) is 12.5 Å². The number of hydrogen-bond acceptors (Lipinski definition) is 3. The van der Waals surface area contributed by atoms with Gasteiger partial charge in [0.05, 0.1) is 6.61 Å². The van der Waals surface area contributed by atoms with Crippen LogP contribution in [0.3, 0.4) is 0 Å². The molecular formula is C14H20N2O2. The van der Waals surface area contributed by atoms with E-state index in [1.807, 2.05) is 47.2 Å². The van der Waals surface area contributed by atoms with Crippen LogP contribution in [0.4, 0.5) is 0 Å². The highest BCUT2D eigenvalue weighted by Gasteiger charge is 2.29. The molecular weight excluding hydrogens is 228 g/mol. The Balaban J connectivity index is 2.10. The van der Waals surface area contributed by atoms with Gasteiger partial charge in [-0.2, -0.15) is 0 Å². The molecule has 4 nitrogen and oxygen atoms in total. The van der Waals surface area contributed by atoms with Gasteiger partial charge in [0, 0.05) is 19.6 Å². The molecule has 0 saturated carbocycles. The second-order valence-electron chi connectivity index (χ2n) is 4.78. The van der Waals surface area contributed by atoms with Gasteiger partial charge in [-0.1, -0.05) is 30.3 Å². The lowest BCUT2D eigenvalue weighted by atomic mass is 10.2. The molecule has 0 bridgehead atoms. The zero-order valence-electron chi connectivity index (χ0n) is 10.7. The third kappa shape index (κ3) is 2.89. The molecule has 1 aromatic carbocycles. The Morgan fingerprint density at radius 2 is 2.00 bits per heavy atom. The van der Waals surface area contributed by atoms with Crippen molar-refractivity contribution in [1.82, 2.24) is 9.80 Å². The number of aliphatic hydroxyl groups is 1. The quantitative estimate of drug-likeness (QED) is 0.857. The molecule has 1 aliphatic heterocycles. The number of nitrogens with zero attached hydrogens (tertiary/aromatic N) is 2. The SMILES string of the molecule is CN1CCCN(Cc2ccccc2)C(=O)C1CO. The Labute approximate surface area is 108 Å². The van der Waals surface area contributed by atoms with Crippen molar-refractivity contribution in [2.75, 3.05) is 26.7 Å². The smallest absolute Gasteiger partial charge is 0.242 e. The Morgan fingerprint density at radius 1 is 1.28 bits per heavy atom. The summed E-state index contributed by atoms with van der Waals surface area (Å²) in [4.78, 5) is 16.1. The summed E-state index contributed by atoms with van der Waals surface area (Å²) in [5, 5.41) is 9.35. The first-order valence-electron chi connectivity index (χ1n) is 6.36. The van der Waals surface area contributed by atoms with Gasteiger partial charge in [-0.15, -0.1) is 0 Å². The average molecular weight is 248 g/mol. The van der Waals surface area contributed by atoms with Crippen molar-refractivity contribution in [2.24, 2.45) is 0 Å². The lowest BCUT2D eigenvalue weighted by Gasteiger charge is -2.26. The summed E-state index contributed by atoms with van der Waals surface area (Å²) < 4.78 is 0. The van der Waals surface area contributed by atoms with Crippen LogP contribution in [0.25, 0.3) is 0 Å². The maximum atomic E-state index is 12.3. The number of rotatable bonds is 3. The van der Waals surface area contributed by atoms with Gasteiger partial charge in [-0.25, -0.2) is 0 Å². The maximum absolute atomic E-state index is 12.3. The molecule has 0 spiro atoms. The summed E-state index contributed by atoms with van der Waals surface area (Å²) in [5.74, 6) is 0.0290. The molecule has 1 fully saturated rings.